The summed E-state index contributed by atoms with van der Waals surface area (Å²) in [5.41, 5.74) is 24.3. The Balaban J connectivity index is 1.49. The van der Waals surface area contributed by atoms with Crippen molar-refractivity contribution >= 4 is 51.9 Å². The second-order valence-electron chi connectivity index (χ2n) is 26.0. The molecule has 4 nitrogen and oxygen atoms in total. The number of aromatic amines is 2. The molecule has 2 aliphatic heterocycles. The number of hydrogen-bond acceptors (Lipinski definition) is 2. The van der Waals surface area contributed by atoms with Gasteiger partial charge in [-0.1, -0.05) is 191 Å². The third-order valence-corrected chi connectivity index (χ3v) is 14.2. The summed E-state index contributed by atoms with van der Waals surface area (Å²) in [6, 6.07) is 30.6. The highest BCUT2D eigenvalue weighted by molar-refractivity contribution is 6.05. The number of rotatable bonds is 3. The van der Waals surface area contributed by atoms with E-state index in [2.05, 4.69) is 244 Å². The van der Waals surface area contributed by atoms with Crippen LogP contribution in [0.25, 0.3) is 85.3 Å². The van der Waals surface area contributed by atoms with Gasteiger partial charge in [0.1, 0.15) is 0 Å². The van der Waals surface area contributed by atoms with Crippen LogP contribution in [-0.2, 0) is 32.5 Å². The predicted molar refractivity (Wildman–Crippen MR) is 295 cm³/mol. The molecule has 1 aliphatic carbocycles. The van der Waals surface area contributed by atoms with Gasteiger partial charge in [-0.2, -0.15) is 0 Å². The molecule has 9 rings (SSSR count). The van der Waals surface area contributed by atoms with E-state index in [1.807, 2.05) is 0 Å². The molecule has 0 saturated carbocycles. The lowest BCUT2D eigenvalue weighted by Crippen LogP contribution is -2.16. The van der Waals surface area contributed by atoms with Gasteiger partial charge in [-0.15, -0.1) is 0 Å². The third kappa shape index (κ3) is 8.81. The van der Waals surface area contributed by atoms with Crippen LogP contribution in [-0.4, -0.2) is 19.9 Å². The van der Waals surface area contributed by atoms with E-state index in [0.717, 1.165) is 89.4 Å². The Morgan fingerprint density at radius 1 is 0.324 bits per heavy atom. The minimum absolute atomic E-state index is 0.0597. The second kappa shape index (κ2) is 15.8. The quantitative estimate of drug-likeness (QED) is 0.186. The molecule has 0 unspecified atom stereocenters. The standard InChI is InChI=1S/C64H74N4/c1-59(2,3)41-27-38(28-42(34-41)60(4,5)6)55-49-22-21-48(65-49)47-20-19-37-33-54(68-58(37)47)57(40-31-45(63(13,14)15)36-46(32-40)64(16,17)18)53-26-25-52(67-53)56(51-24-23-50(55)66-51)39-29-43(61(7,8)9)35-44(30-39)62(10,11)12/h19-36,65,67H,1-18H3. The van der Waals surface area contributed by atoms with Gasteiger partial charge in [0.2, 0.25) is 0 Å². The van der Waals surface area contributed by atoms with Crippen LogP contribution in [0.4, 0.5) is 0 Å². The van der Waals surface area contributed by atoms with E-state index in [-0.39, 0.29) is 32.5 Å². The van der Waals surface area contributed by atoms with Gasteiger partial charge in [0.15, 0.2) is 0 Å². The summed E-state index contributed by atoms with van der Waals surface area (Å²) in [4.78, 5) is 19.4. The Labute approximate surface area is 407 Å². The van der Waals surface area contributed by atoms with Gasteiger partial charge in [-0.25, -0.2) is 9.97 Å². The number of H-pyrrole nitrogens is 2. The first-order chi connectivity index (χ1) is 31.4. The summed E-state index contributed by atoms with van der Waals surface area (Å²) in [6.07, 6.45) is 11.2. The van der Waals surface area contributed by atoms with Crippen LogP contribution in [0.5, 0.6) is 0 Å². The maximum Gasteiger partial charge on any atom is 0.0803 e. The SMILES string of the molecule is CC(C)(C)c1cc(-c2c3nc(c(-c4cc(C(C)(C)C)cc(C(C)(C)C)c4)c4ccc([nH]4)c(-c4cc(C(C)(C)C)cc(C(C)(C)C)c4)c4nc5c(c6ccc2[nH]6)C=CC5=C4)C=C3)cc(C(C)(C)C)c1. The van der Waals surface area contributed by atoms with Crippen molar-refractivity contribution in [3.63, 3.8) is 0 Å². The summed E-state index contributed by atoms with van der Waals surface area (Å²) in [5.74, 6) is 0. The molecule has 350 valence electrons. The van der Waals surface area contributed by atoms with Gasteiger partial charge in [0.05, 0.1) is 22.8 Å². The maximum atomic E-state index is 5.75. The highest BCUT2D eigenvalue weighted by Crippen LogP contribution is 2.44. The topological polar surface area (TPSA) is 57.4 Å². The van der Waals surface area contributed by atoms with E-state index in [9.17, 15) is 0 Å². The lowest BCUT2D eigenvalue weighted by molar-refractivity contribution is 0.568. The fraction of sp³-hybridized carbons (Fsp3) is 0.375. The normalized spacial score (nSPS) is 14.3. The summed E-state index contributed by atoms with van der Waals surface area (Å²) in [7, 11) is 0. The van der Waals surface area contributed by atoms with E-state index < -0.39 is 0 Å². The first kappa shape index (κ1) is 47.1. The number of hydrogen-bond donors (Lipinski definition) is 2. The first-order valence-corrected chi connectivity index (χ1v) is 24.8. The number of allylic oxidation sites excluding steroid dienone is 2. The average Bonchev–Trinajstić information content (AvgIpc) is 4.07. The maximum absolute atomic E-state index is 5.75. The molecule has 2 N–H and O–H groups in total. The van der Waals surface area contributed by atoms with Crippen molar-refractivity contribution in [3.8, 4) is 33.4 Å². The molecule has 68 heavy (non-hydrogen) atoms. The minimum Gasteiger partial charge on any atom is -0.354 e. The molecule has 0 radical (unpaired) electrons. The molecular formula is C64H74N4. The van der Waals surface area contributed by atoms with Gasteiger partial charge >= 0.3 is 0 Å². The zero-order valence-corrected chi connectivity index (χ0v) is 44.3. The number of nitrogens with one attached hydrogen (secondary N) is 2. The van der Waals surface area contributed by atoms with Crippen LogP contribution in [0.2, 0.25) is 0 Å². The zero-order chi connectivity index (χ0) is 49.3. The van der Waals surface area contributed by atoms with Crippen molar-refractivity contribution in [3.05, 3.63) is 147 Å². The highest BCUT2D eigenvalue weighted by Gasteiger charge is 2.28. The van der Waals surface area contributed by atoms with Gasteiger partial charge in [-0.05, 0) is 125 Å². The molecular weight excluding hydrogens is 825 g/mol. The molecule has 0 saturated heterocycles. The second-order valence-corrected chi connectivity index (χ2v) is 26.0. The molecule has 3 aromatic carbocycles. The van der Waals surface area contributed by atoms with Gasteiger partial charge in [0, 0.05) is 49.9 Å². The van der Waals surface area contributed by atoms with Crippen molar-refractivity contribution < 1.29 is 0 Å². The molecule has 3 aromatic heterocycles. The number of nitrogens with zero attached hydrogens (tertiary/aromatic N) is 2. The van der Waals surface area contributed by atoms with E-state index in [0.29, 0.717) is 0 Å². The Kier molecular flexibility index (Phi) is 10.9. The number of fused-ring (bicyclic) bond motifs is 8. The molecule has 5 heterocycles. The number of aromatic nitrogens is 4. The Morgan fingerprint density at radius 2 is 0.632 bits per heavy atom. The summed E-state index contributed by atoms with van der Waals surface area (Å²) >= 11 is 0. The lowest BCUT2D eigenvalue weighted by atomic mass is 9.78. The van der Waals surface area contributed by atoms with E-state index in [1.54, 1.807) is 0 Å². The summed E-state index contributed by atoms with van der Waals surface area (Å²) in [5, 5.41) is 0. The van der Waals surface area contributed by atoms with Crippen molar-refractivity contribution in [1.29, 1.82) is 0 Å². The summed E-state index contributed by atoms with van der Waals surface area (Å²) in [6.45, 7) is 41.7. The van der Waals surface area contributed by atoms with Crippen molar-refractivity contribution in [2.45, 2.75) is 157 Å². The fourth-order valence-corrected chi connectivity index (χ4v) is 9.64. The largest absolute Gasteiger partial charge is 0.354 e. The van der Waals surface area contributed by atoms with Crippen LogP contribution in [0, 0.1) is 0 Å². The fourth-order valence-electron chi connectivity index (χ4n) is 9.64. The van der Waals surface area contributed by atoms with Crippen molar-refractivity contribution in [2.24, 2.45) is 0 Å². The van der Waals surface area contributed by atoms with Crippen LogP contribution in [0.1, 0.15) is 186 Å². The van der Waals surface area contributed by atoms with Gasteiger partial charge in [-0.3, -0.25) is 0 Å². The molecule has 6 aromatic rings. The van der Waals surface area contributed by atoms with Crippen molar-refractivity contribution in [1.82, 2.24) is 19.9 Å². The first-order valence-electron chi connectivity index (χ1n) is 24.8. The summed E-state index contributed by atoms with van der Waals surface area (Å²) < 4.78 is 0. The van der Waals surface area contributed by atoms with Gasteiger partial charge in [0.25, 0.3) is 0 Å². The molecule has 8 bridgehead atoms. The van der Waals surface area contributed by atoms with E-state index in [1.165, 1.54) is 33.4 Å². The molecule has 4 heteroatoms. The third-order valence-electron chi connectivity index (χ3n) is 14.2. The Morgan fingerprint density at radius 3 is 0.971 bits per heavy atom. The van der Waals surface area contributed by atoms with Crippen LogP contribution >= 0.6 is 0 Å². The van der Waals surface area contributed by atoms with E-state index >= 15 is 0 Å². The van der Waals surface area contributed by atoms with Crippen molar-refractivity contribution in [2.75, 3.05) is 0 Å². The zero-order valence-electron chi connectivity index (χ0n) is 44.3. The molecule has 0 amide bonds. The molecule has 0 atom stereocenters. The molecule has 0 spiro atoms. The van der Waals surface area contributed by atoms with Crippen LogP contribution < -0.4 is 0 Å². The van der Waals surface area contributed by atoms with Crippen LogP contribution in [0.15, 0.2) is 84.9 Å². The minimum atomic E-state index is -0.0760. The molecule has 0 fully saturated rings. The monoisotopic (exact) mass is 899 g/mol. The molecule has 3 aliphatic rings. The highest BCUT2D eigenvalue weighted by atomic mass is 14.8. The Bertz CT molecular complexity index is 3210. The smallest absolute Gasteiger partial charge is 0.0803 e. The lowest BCUT2D eigenvalue weighted by Gasteiger charge is -2.26. The van der Waals surface area contributed by atoms with Crippen LogP contribution in [0.3, 0.4) is 0 Å². The predicted octanol–water partition coefficient (Wildman–Crippen LogP) is 17.8. The average molecular weight is 899 g/mol. The number of benzene rings is 3. The Hall–Kier alpha value is -6.00. The van der Waals surface area contributed by atoms with E-state index in [4.69, 9.17) is 9.97 Å². The van der Waals surface area contributed by atoms with Gasteiger partial charge < -0.3 is 9.97 Å².